The highest BCUT2D eigenvalue weighted by molar-refractivity contribution is 5.88. The molecule has 1 N–H and O–H groups in total. The van der Waals surface area contributed by atoms with Crippen LogP contribution in [-0.2, 0) is 9.59 Å². The Morgan fingerprint density at radius 3 is 2.12 bits per heavy atom. The normalized spacial score (nSPS) is 15.3. The molecule has 0 aromatic heterocycles. The van der Waals surface area contributed by atoms with Crippen molar-refractivity contribution in [3.63, 3.8) is 0 Å². The molecule has 1 saturated heterocycles. The number of nitrogens with one attached hydrogen (secondary N) is 1. The van der Waals surface area contributed by atoms with E-state index in [4.69, 9.17) is 0 Å². The molecule has 1 fully saturated rings. The number of amides is 2. The SMILES string of the molecule is C[C@H](C(=O)NCCC(c1ccccc1)c1ccccc1)N1CCCC1=O. The van der Waals surface area contributed by atoms with Crippen LogP contribution < -0.4 is 5.32 Å². The smallest absolute Gasteiger partial charge is 0.242 e. The van der Waals surface area contributed by atoms with Gasteiger partial charge in [0.05, 0.1) is 0 Å². The molecule has 0 unspecified atom stereocenters. The van der Waals surface area contributed by atoms with Crippen LogP contribution in [0.2, 0.25) is 0 Å². The van der Waals surface area contributed by atoms with Gasteiger partial charge in [-0.05, 0) is 30.9 Å². The highest BCUT2D eigenvalue weighted by Crippen LogP contribution is 2.27. The Kier molecular flexibility index (Phi) is 6.05. The fourth-order valence-corrected chi connectivity index (χ4v) is 3.60. The summed E-state index contributed by atoms with van der Waals surface area (Å²) in [5, 5.41) is 3.02. The Labute approximate surface area is 155 Å². The van der Waals surface area contributed by atoms with Gasteiger partial charge in [0.15, 0.2) is 0 Å². The minimum Gasteiger partial charge on any atom is -0.354 e. The van der Waals surface area contributed by atoms with E-state index in [2.05, 4.69) is 29.6 Å². The van der Waals surface area contributed by atoms with Gasteiger partial charge in [-0.25, -0.2) is 0 Å². The first-order valence-electron chi connectivity index (χ1n) is 9.34. The second-order valence-electron chi connectivity index (χ2n) is 6.82. The van der Waals surface area contributed by atoms with E-state index >= 15 is 0 Å². The second-order valence-corrected chi connectivity index (χ2v) is 6.82. The Hall–Kier alpha value is -2.62. The summed E-state index contributed by atoms with van der Waals surface area (Å²) in [5.74, 6) is 0.251. The van der Waals surface area contributed by atoms with Crippen molar-refractivity contribution in [3.05, 3.63) is 71.8 Å². The number of hydrogen-bond acceptors (Lipinski definition) is 2. The van der Waals surface area contributed by atoms with Gasteiger partial charge in [-0.2, -0.15) is 0 Å². The molecule has 0 saturated carbocycles. The summed E-state index contributed by atoms with van der Waals surface area (Å²) >= 11 is 0. The van der Waals surface area contributed by atoms with Crippen LogP contribution in [0.25, 0.3) is 0 Å². The van der Waals surface area contributed by atoms with Crippen LogP contribution in [0.5, 0.6) is 0 Å². The minimum absolute atomic E-state index is 0.0693. The molecule has 26 heavy (non-hydrogen) atoms. The van der Waals surface area contributed by atoms with Crippen LogP contribution in [0.4, 0.5) is 0 Å². The summed E-state index contributed by atoms with van der Waals surface area (Å²) in [6.45, 7) is 3.08. The van der Waals surface area contributed by atoms with Crippen LogP contribution in [0, 0.1) is 0 Å². The molecule has 3 rings (SSSR count). The lowest BCUT2D eigenvalue weighted by Gasteiger charge is -2.24. The summed E-state index contributed by atoms with van der Waals surface area (Å²) in [7, 11) is 0. The highest BCUT2D eigenvalue weighted by Gasteiger charge is 2.29. The first kappa shape index (κ1) is 18.2. The summed E-state index contributed by atoms with van der Waals surface area (Å²) in [6, 6.07) is 20.3. The van der Waals surface area contributed by atoms with Gasteiger partial charge in [-0.15, -0.1) is 0 Å². The third-order valence-electron chi connectivity index (χ3n) is 5.09. The molecule has 1 atom stereocenters. The zero-order chi connectivity index (χ0) is 18.4. The number of rotatable bonds is 7. The summed E-state index contributed by atoms with van der Waals surface area (Å²) in [6.07, 6.45) is 2.22. The van der Waals surface area contributed by atoms with Gasteiger partial charge in [-0.3, -0.25) is 9.59 Å². The van der Waals surface area contributed by atoms with Gasteiger partial charge in [0.2, 0.25) is 11.8 Å². The summed E-state index contributed by atoms with van der Waals surface area (Å²) < 4.78 is 0. The average Bonchev–Trinajstić information content (AvgIpc) is 3.11. The van der Waals surface area contributed by atoms with Crippen molar-refractivity contribution in [2.24, 2.45) is 0 Å². The summed E-state index contributed by atoms with van der Waals surface area (Å²) in [4.78, 5) is 25.9. The van der Waals surface area contributed by atoms with Crippen molar-refractivity contribution in [3.8, 4) is 0 Å². The van der Waals surface area contributed by atoms with Gasteiger partial charge in [0.1, 0.15) is 6.04 Å². The second kappa shape index (κ2) is 8.65. The lowest BCUT2D eigenvalue weighted by atomic mass is 9.88. The van der Waals surface area contributed by atoms with Gasteiger partial charge in [-0.1, -0.05) is 60.7 Å². The largest absolute Gasteiger partial charge is 0.354 e. The van der Waals surface area contributed by atoms with Crippen molar-refractivity contribution in [2.45, 2.75) is 38.1 Å². The summed E-state index contributed by atoms with van der Waals surface area (Å²) in [5.41, 5.74) is 2.49. The van der Waals surface area contributed by atoms with Crippen molar-refractivity contribution in [1.29, 1.82) is 0 Å². The fraction of sp³-hybridized carbons (Fsp3) is 0.364. The molecule has 0 aliphatic carbocycles. The third-order valence-corrected chi connectivity index (χ3v) is 5.09. The third kappa shape index (κ3) is 4.31. The molecule has 136 valence electrons. The molecule has 4 heteroatoms. The Morgan fingerprint density at radius 2 is 1.62 bits per heavy atom. The molecular weight excluding hydrogens is 324 g/mol. The van der Waals surface area contributed by atoms with Gasteiger partial charge in [0.25, 0.3) is 0 Å². The molecule has 0 spiro atoms. The van der Waals surface area contributed by atoms with E-state index < -0.39 is 6.04 Å². The molecule has 2 aromatic carbocycles. The maximum atomic E-state index is 12.4. The molecule has 0 bridgehead atoms. The first-order chi connectivity index (χ1) is 12.7. The van der Waals surface area contributed by atoms with E-state index in [-0.39, 0.29) is 17.7 Å². The van der Waals surface area contributed by atoms with E-state index in [9.17, 15) is 9.59 Å². The van der Waals surface area contributed by atoms with Crippen LogP contribution in [0.3, 0.4) is 0 Å². The van der Waals surface area contributed by atoms with E-state index in [0.29, 0.717) is 19.5 Å². The van der Waals surface area contributed by atoms with Gasteiger partial charge in [0, 0.05) is 25.4 Å². The van der Waals surface area contributed by atoms with Crippen LogP contribution in [0.1, 0.15) is 43.2 Å². The number of hydrogen-bond donors (Lipinski definition) is 1. The molecule has 1 heterocycles. The minimum atomic E-state index is -0.392. The number of likely N-dealkylation sites (tertiary alicyclic amines) is 1. The molecular formula is C22H26N2O2. The standard InChI is InChI=1S/C22H26N2O2/c1-17(24-16-8-13-21(24)25)22(26)23-15-14-20(18-9-4-2-5-10-18)19-11-6-3-7-12-19/h2-7,9-12,17,20H,8,13-16H2,1H3,(H,23,26)/t17-/m1/s1. The maximum absolute atomic E-state index is 12.4. The van der Waals surface area contributed by atoms with Gasteiger partial charge >= 0.3 is 0 Å². The van der Waals surface area contributed by atoms with Crippen molar-refractivity contribution < 1.29 is 9.59 Å². The van der Waals surface area contributed by atoms with Gasteiger partial charge < -0.3 is 10.2 Å². The Morgan fingerprint density at radius 1 is 1.04 bits per heavy atom. The molecule has 2 aromatic rings. The van der Waals surface area contributed by atoms with Crippen LogP contribution in [-0.4, -0.2) is 35.8 Å². The lowest BCUT2D eigenvalue weighted by molar-refractivity contribution is -0.136. The van der Waals surface area contributed by atoms with Crippen LogP contribution in [0.15, 0.2) is 60.7 Å². The monoisotopic (exact) mass is 350 g/mol. The highest BCUT2D eigenvalue weighted by atomic mass is 16.2. The number of carbonyl (C=O) groups is 2. The molecule has 1 aliphatic rings. The van der Waals surface area contributed by atoms with Crippen molar-refractivity contribution >= 4 is 11.8 Å². The van der Waals surface area contributed by atoms with E-state index in [1.165, 1.54) is 11.1 Å². The topological polar surface area (TPSA) is 49.4 Å². The zero-order valence-electron chi connectivity index (χ0n) is 15.2. The fourth-order valence-electron chi connectivity index (χ4n) is 3.60. The molecule has 4 nitrogen and oxygen atoms in total. The Bertz CT molecular complexity index is 691. The van der Waals surface area contributed by atoms with E-state index in [1.807, 2.05) is 43.3 Å². The van der Waals surface area contributed by atoms with Crippen molar-refractivity contribution in [2.75, 3.05) is 13.1 Å². The number of carbonyl (C=O) groups excluding carboxylic acids is 2. The molecule has 1 aliphatic heterocycles. The molecule has 0 radical (unpaired) electrons. The van der Waals surface area contributed by atoms with Crippen molar-refractivity contribution in [1.82, 2.24) is 10.2 Å². The maximum Gasteiger partial charge on any atom is 0.242 e. The zero-order valence-corrected chi connectivity index (χ0v) is 15.2. The average molecular weight is 350 g/mol. The number of nitrogens with zero attached hydrogens (tertiary/aromatic N) is 1. The molecule has 2 amide bonds. The predicted octanol–water partition coefficient (Wildman–Crippen LogP) is 3.34. The first-order valence-corrected chi connectivity index (χ1v) is 9.34. The Balaban J connectivity index is 1.61. The van der Waals surface area contributed by atoms with E-state index in [1.54, 1.807) is 4.90 Å². The quantitative estimate of drug-likeness (QED) is 0.833. The van der Waals surface area contributed by atoms with E-state index in [0.717, 1.165) is 12.8 Å². The number of benzene rings is 2. The predicted molar refractivity (Wildman–Crippen MR) is 103 cm³/mol. The lowest BCUT2D eigenvalue weighted by Crippen LogP contribution is -2.46. The van der Waals surface area contributed by atoms with Crippen LogP contribution >= 0.6 is 0 Å².